The van der Waals surface area contributed by atoms with E-state index in [4.69, 9.17) is 9.47 Å². The van der Waals surface area contributed by atoms with E-state index < -0.39 is 0 Å². The van der Waals surface area contributed by atoms with Gasteiger partial charge in [0.25, 0.3) is 0 Å². The Morgan fingerprint density at radius 3 is 1.73 bits per heavy atom. The average molecular weight is 292 g/mol. The van der Waals surface area contributed by atoms with Crippen molar-refractivity contribution in [3.05, 3.63) is 78.4 Å². The van der Waals surface area contributed by atoms with Crippen molar-refractivity contribution in [2.75, 3.05) is 0 Å². The molecule has 3 aromatic rings. The van der Waals surface area contributed by atoms with Crippen LogP contribution in [0.15, 0.2) is 72.8 Å². The fourth-order valence-electron chi connectivity index (χ4n) is 2.10. The predicted molar refractivity (Wildman–Crippen MR) is 85.9 cm³/mol. The highest BCUT2D eigenvalue weighted by Gasteiger charge is 2.02. The molecule has 0 fully saturated rings. The van der Waals surface area contributed by atoms with Gasteiger partial charge >= 0.3 is 0 Å². The second-order valence-electron chi connectivity index (χ2n) is 4.99. The molecule has 1 N–H and O–H groups in total. The summed E-state index contributed by atoms with van der Waals surface area (Å²) in [5, 5.41) is 9.46. The molecule has 110 valence electrons. The third-order valence-corrected chi connectivity index (χ3v) is 3.08. The van der Waals surface area contributed by atoms with Crippen molar-refractivity contribution in [2.24, 2.45) is 0 Å². The van der Waals surface area contributed by atoms with Gasteiger partial charge in [0.05, 0.1) is 0 Å². The summed E-state index contributed by atoms with van der Waals surface area (Å²) in [6.45, 7) is 2.02. The zero-order valence-electron chi connectivity index (χ0n) is 12.2. The van der Waals surface area contributed by atoms with Gasteiger partial charge in [-0.05, 0) is 48.9 Å². The Hall–Kier alpha value is -2.94. The molecular weight excluding hydrogens is 276 g/mol. The van der Waals surface area contributed by atoms with Gasteiger partial charge in [0.1, 0.15) is 28.7 Å². The molecular formula is C19H16O3. The first-order valence-corrected chi connectivity index (χ1v) is 7.00. The summed E-state index contributed by atoms with van der Waals surface area (Å²) in [6, 6.07) is 21.9. The Morgan fingerprint density at radius 1 is 0.636 bits per heavy atom. The van der Waals surface area contributed by atoms with E-state index in [-0.39, 0.29) is 5.75 Å². The van der Waals surface area contributed by atoms with Gasteiger partial charge in [0.2, 0.25) is 0 Å². The third kappa shape index (κ3) is 3.58. The van der Waals surface area contributed by atoms with Gasteiger partial charge in [-0.25, -0.2) is 0 Å². The van der Waals surface area contributed by atoms with Crippen LogP contribution in [0, 0.1) is 6.92 Å². The highest BCUT2D eigenvalue weighted by atomic mass is 16.5. The number of aryl methyl sites for hydroxylation is 1. The number of benzene rings is 3. The smallest absolute Gasteiger partial charge is 0.131 e. The number of phenolic OH excluding ortho intramolecular Hbond substituents is 1. The Labute approximate surface area is 129 Å². The quantitative estimate of drug-likeness (QED) is 0.710. The topological polar surface area (TPSA) is 38.7 Å². The molecule has 0 spiro atoms. The van der Waals surface area contributed by atoms with E-state index in [0.717, 1.165) is 11.3 Å². The van der Waals surface area contributed by atoms with Gasteiger partial charge in [-0.2, -0.15) is 0 Å². The van der Waals surface area contributed by atoms with E-state index in [9.17, 15) is 5.11 Å². The van der Waals surface area contributed by atoms with Crippen molar-refractivity contribution in [1.29, 1.82) is 0 Å². The van der Waals surface area contributed by atoms with E-state index in [1.54, 1.807) is 24.3 Å². The first-order chi connectivity index (χ1) is 10.7. The van der Waals surface area contributed by atoms with Crippen LogP contribution in [0.5, 0.6) is 28.7 Å². The van der Waals surface area contributed by atoms with E-state index in [2.05, 4.69) is 0 Å². The SMILES string of the molecule is Cc1cccc(Oc2cccc(Oc3cccc(O)c3)c2)c1. The minimum atomic E-state index is 0.171. The molecule has 0 heterocycles. The van der Waals surface area contributed by atoms with E-state index in [1.807, 2.05) is 55.5 Å². The van der Waals surface area contributed by atoms with Crippen LogP contribution in [0.4, 0.5) is 0 Å². The monoisotopic (exact) mass is 292 g/mol. The lowest BCUT2D eigenvalue weighted by Gasteiger charge is -2.09. The van der Waals surface area contributed by atoms with Crippen molar-refractivity contribution in [3.63, 3.8) is 0 Å². The maximum Gasteiger partial charge on any atom is 0.131 e. The molecule has 0 atom stereocenters. The molecule has 0 aliphatic heterocycles. The highest BCUT2D eigenvalue weighted by Crippen LogP contribution is 2.29. The summed E-state index contributed by atoms with van der Waals surface area (Å²) < 4.78 is 11.6. The standard InChI is InChI=1S/C19H16O3/c1-14-5-2-7-16(11-14)21-18-9-4-10-19(13-18)22-17-8-3-6-15(20)12-17/h2-13,20H,1H3. The lowest BCUT2D eigenvalue weighted by Crippen LogP contribution is -1.87. The van der Waals surface area contributed by atoms with Crippen LogP contribution < -0.4 is 9.47 Å². The summed E-state index contributed by atoms with van der Waals surface area (Å²) >= 11 is 0. The van der Waals surface area contributed by atoms with Crippen LogP contribution in [0.25, 0.3) is 0 Å². The number of hydrogen-bond acceptors (Lipinski definition) is 3. The fourth-order valence-corrected chi connectivity index (χ4v) is 2.10. The van der Waals surface area contributed by atoms with Gasteiger partial charge < -0.3 is 14.6 Å². The molecule has 0 bridgehead atoms. The van der Waals surface area contributed by atoms with Crippen LogP contribution in [0.3, 0.4) is 0 Å². The minimum Gasteiger partial charge on any atom is -0.508 e. The highest BCUT2D eigenvalue weighted by molar-refractivity contribution is 5.41. The lowest BCUT2D eigenvalue weighted by molar-refractivity contribution is 0.448. The average Bonchev–Trinajstić information content (AvgIpc) is 2.47. The van der Waals surface area contributed by atoms with Crippen molar-refractivity contribution in [3.8, 4) is 28.7 Å². The minimum absolute atomic E-state index is 0.171. The Kier molecular flexibility index (Phi) is 3.97. The molecule has 0 saturated carbocycles. The number of phenols is 1. The number of hydrogen-bond donors (Lipinski definition) is 1. The van der Waals surface area contributed by atoms with Crippen LogP contribution in [0.2, 0.25) is 0 Å². The third-order valence-electron chi connectivity index (χ3n) is 3.08. The summed E-state index contributed by atoms with van der Waals surface area (Å²) in [5.41, 5.74) is 1.14. The number of rotatable bonds is 4. The van der Waals surface area contributed by atoms with Gasteiger partial charge in [-0.15, -0.1) is 0 Å². The second kappa shape index (κ2) is 6.22. The molecule has 0 saturated heterocycles. The Bertz CT molecular complexity index is 718. The molecule has 3 aromatic carbocycles. The molecule has 0 unspecified atom stereocenters. The van der Waals surface area contributed by atoms with Gasteiger partial charge in [-0.3, -0.25) is 0 Å². The first kappa shape index (κ1) is 14.0. The maximum atomic E-state index is 9.46. The number of ether oxygens (including phenoxy) is 2. The van der Waals surface area contributed by atoms with Crippen LogP contribution >= 0.6 is 0 Å². The molecule has 0 aromatic heterocycles. The van der Waals surface area contributed by atoms with Crippen molar-refractivity contribution >= 4 is 0 Å². The van der Waals surface area contributed by atoms with E-state index >= 15 is 0 Å². The van der Waals surface area contributed by atoms with Crippen LogP contribution in [-0.2, 0) is 0 Å². The predicted octanol–water partition coefficient (Wildman–Crippen LogP) is 5.29. The number of aromatic hydroxyl groups is 1. The van der Waals surface area contributed by atoms with Crippen LogP contribution in [0.1, 0.15) is 5.56 Å². The Balaban J connectivity index is 1.78. The normalized spacial score (nSPS) is 10.2. The lowest BCUT2D eigenvalue weighted by atomic mass is 10.2. The zero-order chi connectivity index (χ0) is 15.4. The first-order valence-electron chi connectivity index (χ1n) is 7.00. The molecule has 22 heavy (non-hydrogen) atoms. The van der Waals surface area contributed by atoms with Crippen LogP contribution in [-0.4, -0.2) is 5.11 Å². The molecule has 3 nitrogen and oxygen atoms in total. The van der Waals surface area contributed by atoms with Gasteiger partial charge in [0.15, 0.2) is 0 Å². The maximum absolute atomic E-state index is 9.46. The molecule has 3 heteroatoms. The van der Waals surface area contributed by atoms with E-state index in [1.165, 1.54) is 0 Å². The van der Waals surface area contributed by atoms with Gasteiger partial charge in [-0.1, -0.05) is 24.3 Å². The van der Waals surface area contributed by atoms with E-state index in [0.29, 0.717) is 17.2 Å². The van der Waals surface area contributed by atoms with Crippen molar-refractivity contribution < 1.29 is 14.6 Å². The molecule has 0 radical (unpaired) electrons. The fraction of sp³-hybridized carbons (Fsp3) is 0.0526. The van der Waals surface area contributed by atoms with Crippen molar-refractivity contribution in [1.82, 2.24) is 0 Å². The summed E-state index contributed by atoms with van der Waals surface area (Å²) in [6.07, 6.45) is 0. The zero-order valence-corrected chi connectivity index (χ0v) is 12.2. The molecule has 0 amide bonds. The van der Waals surface area contributed by atoms with Gasteiger partial charge in [0, 0.05) is 12.1 Å². The summed E-state index contributed by atoms with van der Waals surface area (Å²) in [4.78, 5) is 0. The largest absolute Gasteiger partial charge is 0.508 e. The van der Waals surface area contributed by atoms with Crippen molar-refractivity contribution in [2.45, 2.75) is 6.92 Å². The Morgan fingerprint density at radius 2 is 1.14 bits per heavy atom. The molecule has 3 rings (SSSR count). The second-order valence-corrected chi connectivity index (χ2v) is 4.99. The summed E-state index contributed by atoms with van der Waals surface area (Å²) in [7, 11) is 0. The summed E-state index contributed by atoms with van der Waals surface area (Å²) in [5.74, 6) is 2.88. The molecule has 0 aliphatic rings. The molecule has 0 aliphatic carbocycles.